The molecule has 0 amide bonds. The van der Waals surface area contributed by atoms with Crippen LogP contribution in [0.3, 0.4) is 0 Å². The maximum absolute atomic E-state index is 11.3. The fraction of sp³-hybridized carbons (Fsp3) is 1.00. The van der Waals surface area contributed by atoms with E-state index in [2.05, 4.69) is 5.32 Å². The summed E-state index contributed by atoms with van der Waals surface area (Å²) < 4.78 is 22.6. The third-order valence-electron chi connectivity index (χ3n) is 0.758. The van der Waals surface area contributed by atoms with Crippen molar-refractivity contribution in [1.82, 2.24) is 5.32 Å². The molecule has 0 heterocycles. The van der Waals surface area contributed by atoms with Crippen molar-refractivity contribution in [3.63, 3.8) is 0 Å². The number of rotatable bonds is 5. The van der Waals surface area contributed by atoms with Gasteiger partial charge in [0.15, 0.2) is 0 Å². The Morgan fingerprint density at radius 1 is 1.00 bits per heavy atom. The molecule has 0 saturated heterocycles. The van der Waals surface area contributed by atoms with Crippen LogP contribution in [0.1, 0.15) is 6.42 Å². The van der Waals surface area contributed by atoms with Crippen molar-refractivity contribution in [2.75, 3.05) is 26.4 Å². The Hall–Kier alpha value is -0.180. The number of hydrogen-bond acceptors (Lipinski definition) is 1. The predicted octanol–water partition coefficient (Wildman–Crippen LogP) is 0.905. The average Bonchev–Trinajstić information content (AvgIpc) is 1.81. The Kier molecular flexibility index (Phi) is 6.67. The van der Waals surface area contributed by atoms with E-state index in [1.807, 2.05) is 0 Å². The second-order valence-electron chi connectivity index (χ2n) is 1.48. The zero-order valence-corrected chi connectivity index (χ0v) is 4.79. The van der Waals surface area contributed by atoms with Crippen molar-refractivity contribution in [2.24, 2.45) is 0 Å². The molecule has 0 fully saturated rings. The van der Waals surface area contributed by atoms with Gasteiger partial charge < -0.3 is 5.32 Å². The van der Waals surface area contributed by atoms with Crippen LogP contribution in [0.4, 0.5) is 8.78 Å². The summed E-state index contributed by atoms with van der Waals surface area (Å²) in [5, 5.41) is 2.72. The molecule has 0 aromatic heterocycles. The normalized spacial score (nSPS) is 9.75. The van der Waals surface area contributed by atoms with E-state index < -0.39 is 0 Å². The molecule has 0 spiro atoms. The monoisotopic (exact) mass is 123 g/mol. The van der Waals surface area contributed by atoms with Crippen LogP contribution in [0.25, 0.3) is 0 Å². The first-order chi connectivity index (χ1) is 3.91. The van der Waals surface area contributed by atoms with Gasteiger partial charge >= 0.3 is 0 Å². The minimum Gasteiger partial charge on any atom is -0.314 e. The molecule has 0 aromatic rings. The highest BCUT2D eigenvalue weighted by molar-refractivity contribution is 4.43. The lowest BCUT2D eigenvalue weighted by Crippen LogP contribution is -2.18. The third kappa shape index (κ3) is 5.82. The Balaban J connectivity index is 2.53. The summed E-state index contributed by atoms with van der Waals surface area (Å²) in [6, 6.07) is 0. The number of alkyl halides is 2. The van der Waals surface area contributed by atoms with Gasteiger partial charge in [-0.25, -0.2) is 4.39 Å². The number of nitrogens with one attached hydrogen (secondary N) is 1. The van der Waals surface area contributed by atoms with Crippen LogP contribution in [0.15, 0.2) is 0 Å². The first kappa shape index (κ1) is 7.82. The minimum atomic E-state index is -0.369. The molecule has 0 aliphatic carbocycles. The van der Waals surface area contributed by atoms with Gasteiger partial charge in [0.05, 0.1) is 6.67 Å². The van der Waals surface area contributed by atoms with E-state index in [1.54, 1.807) is 0 Å². The summed E-state index contributed by atoms with van der Waals surface area (Å²) in [4.78, 5) is 0. The molecule has 0 bridgehead atoms. The molecular weight excluding hydrogens is 112 g/mol. The Morgan fingerprint density at radius 3 is 2.25 bits per heavy atom. The molecule has 0 unspecified atom stereocenters. The summed E-state index contributed by atoms with van der Waals surface area (Å²) in [6.45, 7) is 0.242. The van der Waals surface area contributed by atoms with Crippen LogP contribution in [-0.2, 0) is 0 Å². The summed E-state index contributed by atoms with van der Waals surface area (Å²) in [5.74, 6) is 0. The van der Waals surface area contributed by atoms with Crippen LogP contribution >= 0.6 is 0 Å². The lowest BCUT2D eigenvalue weighted by molar-refractivity contribution is 0.434. The second kappa shape index (κ2) is 6.82. The van der Waals surface area contributed by atoms with Gasteiger partial charge in [-0.15, -0.1) is 0 Å². The van der Waals surface area contributed by atoms with Crippen molar-refractivity contribution >= 4 is 0 Å². The standard InChI is InChI=1S/C5H11F2N/c6-2-1-4-8-5-3-7/h8H,1-5H2. The molecular formula is C5H11F2N. The lowest BCUT2D eigenvalue weighted by atomic mass is 10.4. The number of hydrogen-bond donors (Lipinski definition) is 1. The quantitative estimate of drug-likeness (QED) is 0.536. The maximum atomic E-state index is 11.3. The molecule has 0 aliphatic rings. The summed E-state index contributed by atoms with van der Waals surface area (Å²) in [5.41, 5.74) is 0. The molecule has 8 heavy (non-hydrogen) atoms. The van der Waals surface area contributed by atoms with Gasteiger partial charge in [0.25, 0.3) is 0 Å². The molecule has 50 valence electrons. The Bertz CT molecular complexity index is 35.4. The van der Waals surface area contributed by atoms with Crippen LogP contribution in [0, 0.1) is 0 Å². The van der Waals surface area contributed by atoms with E-state index in [0.29, 0.717) is 19.5 Å². The van der Waals surface area contributed by atoms with E-state index in [9.17, 15) is 8.78 Å². The molecule has 0 radical (unpaired) electrons. The van der Waals surface area contributed by atoms with Gasteiger partial charge in [-0.3, -0.25) is 4.39 Å². The van der Waals surface area contributed by atoms with Crippen molar-refractivity contribution < 1.29 is 8.78 Å². The second-order valence-corrected chi connectivity index (χ2v) is 1.48. The molecule has 0 rings (SSSR count). The van der Waals surface area contributed by atoms with Crippen molar-refractivity contribution in [3.8, 4) is 0 Å². The molecule has 1 N–H and O–H groups in total. The summed E-state index contributed by atoms with van der Waals surface area (Å²) >= 11 is 0. The highest BCUT2D eigenvalue weighted by atomic mass is 19.1. The fourth-order valence-corrected chi connectivity index (χ4v) is 0.384. The van der Waals surface area contributed by atoms with Crippen LogP contribution in [0.2, 0.25) is 0 Å². The highest BCUT2D eigenvalue weighted by Crippen LogP contribution is 1.75. The molecule has 0 aromatic carbocycles. The first-order valence-electron chi connectivity index (χ1n) is 2.74. The van der Waals surface area contributed by atoms with Gasteiger partial charge in [0.2, 0.25) is 0 Å². The minimum absolute atomic E-state index is 0.320. The predicted molar refractivity (Wildman–Crippen MR) is 29.4 cm³/mol. The topological polar surface area (TPSA) is 12.0 Å². The largest absolute Gasteiger partial charge is 0.314 e. The van der Waals surface area contributed by atoms with Crippen molar-refractivity contribution in [3.05, 3.63) is 0 Å². The van der Waals surface area contributed by atoms with Crippen molar-refractivity contribution in [1.29, 1.82) is 0 Å². The van der Waals surface area contributed by atoms with Crippen LogP contribution in [-0.4, -0.2) is 26.4 Å². The van der Waals surface area contributed by atoms with E-state index in [0.717, 1.165) is 0 Å². The van der Waals surface area contributed by atoms with Gasteiger partial charge in [-0.1, -0.05) is 0 Å². The van der Waals surface area contributed by atoms with Crippen LogP contribution in [0.5, 0.6) is 0 Å². The van der Waals surface area contributed by atoms with E-state index in [-0.39, 0.29) is 13.3 Å². The van der Waals surface area contributed by atoms with E-state index in [4.69, 9.17) is 0 Å². The SMILES string of the molecule is FCCCNCCF. The summed E-state index contributed by atoms with van der Waals surface area (Å²) in [6.07, 6.45) is 0.486. The zero-order chi connectivity index (χ0) is 6.24. The third-order valence-corrected chi connectivity index (χ3v) is 0.758. The molecule has 1 nitrogen and oxygen atoms in total. The average molecular weight is 123 g/mol. The Labute approximate surface area is 48.1 Å². The number of halogens is 2. The van der Waals surface area contributed by atoms with Crippen LogP contribution < -0.4 is 5.32 Å². The first-order valence-corrected chi connectivity index (χ1v) is 2.74. The Morgan fingerprint density at radius 2 is 1.75 bits per heavy atom. The highest BCUT2D eigenvalue weighted by Gasteiger charge is 1.83. The van der Waals surface area contributed by atoms with Crippen molar-refractivity contribution in [2.45, 2.75) is 6.42 Å². The fourth-order valence-electron chi connectivity index (χ4n) is 0.384. The molecule has 3 heteroatoms. The van der Waals surface area contributed by atoms with Gasteiger partial charge in [0.1, 0.15) is 6.67 Å². The molecule has 0 aliphatic heterocycles. The maximum Gasteiger partial charge on any atom is 0.102 e. The smallest absolute Gasteiger partial charge is 0.102 e. The van der Waals surface area contributed by atoms with E-state index >= 15 is 0 Å². The van der Waals surface area contributed by atoms with Gasteiger partial charge in [-0.2, -0.15) is 0 Å². The molecule has 0 atom stereocenters. The van der Waals surface area contributed by atoms with E-state index in [1.165, 1.54) is 0 Å². The summed E-state index contributed by atoms with van der Waals surface area (Å²) in [7, 11) is 0. The van der Waals surface area contributed by atoms with Gasteiger partial charge in [0, 0.05) is 6.54 Å². The lowest BCUT2D eigenvalue weighted by Gasteiger charge is -1.95. The molecule has 0 saturated carbocycles. The van der Waals surface area contributed by atoms with Gasteiger partial charge in [-0.05, 0) is 13.0 Å². The zero-order valence-electron chi connectivity index (χ0n) is 4.79.